The molecule has 30 heavy (non-hydrogen) atoms. The first-order valence-corrected chi connectivity index (χ1v) is 10.6. The van der Waals surface area contributed by atoms with Gasteiger partial charge in [-0.3, -0.25) is 23.7 Å². The van der Waals surface area contributed by atoms with Crippen molar-refractivity contribution in [3.8, 4) is 0 Å². The highest BCUT2D eigenvalue weighted by Gasteiger charge is 2.22. The second-order valence-electron chi connectivity index (χ2n) is 7.41. The van der Waals surface area contributed by atoms with E-state index in [4.69, 9.17) is 0 Å². The number of rotatable bonds is 3. The van der Waals surface area contributed by atoms with Crippen molar-refractivity contribution >= 4 is 33.7 Å². The molecule has 3 aromatic rings. The molecule has 0 spiro atoms. The molecule has 1 aromatic heterocycles. The predicted octanol–water partition coefficient (Wildman–Crippen LogP) is 2.05. The van der Waals surface area contributed by atoms with Gasteiger partial charge < -0.3 is 5.32 Å². The van der Waals surface area contributed by atoms with E-state index < -0.39 is 11.2 Å². The monoisotopic (exact) mass is 422 g/mol. The summed E-state index contributed by atoms with van der Waals surface area (Å²) in [6, 6.07) is 13.5. The largest absolute Gasteiger partial charge is 0.330 e. The number of amidine groups is 1. The number of nitrogens with zero attached hydrogens (tertiary/aromatic N) is 3. The molecule has 1 aliphatic rings. The molecule has 154 valence electrons. The number of carbonyl (C=O) groups excluding carboxylic acids is 1. The van der Waals surface area contributed by atoms with E-state index in [-0.39, 0.29) is 18.4 Å². The van der Waals surface area contributed by atoms with Crippen LogP contribution in [0.2, 0.25) is 0 Å². The van der Waals surface area contributed by atoms with E-state index in [9.17, 15) is 14.4 Å². The third-order valence-electron chi connectivity index (χ3n) is 5.29. The van der Waals surface area contributed by atoms with E-state index in [1.807, 2.05) is 6.92 Å². The molecule has 0 bridgehead atoms. The predicted molar refractivity (Wildman–Crippen MR) is 120 cm³/mol. The molecule has 1 aliphatic heterocycles. The lowest BCUT2D eigenvalue weighted by molar-refractivity contribution is -0.118. The molecule has 1 N–H and O–H groups in total. The molecule has 4 rings (SSSR count). The standard InChI is InChI=1S/C22H22N4O3S/c1-13-7-9-14(10-8-13)16-12-30-21(23-16)24-18(27)11-15-5-4-6-17-19(15)20(28)26(3)22(29)25(17)2/h4-10,16H,11-12H2,1-3H3,(H,23,24,27). The number of carbonyl (C=O) groups is 1. The summed E-state index contributed by atoms with van der Waals surface area (Å²) in [7, 11) is 3.05. The Kier molecular flexibility index (Phi) is 5.34. The number of benzene rings is 2. The SMILES string of the molecule is Cc1ccc(C2CSC(NC(=O)Cc3cccc4c3c(=O)n(C)c(=O)n4C)=N2)cc1. The second-order valence-corrected chi connectivity index (χ2v) is 8.42. The zero-order chi connectivity index (χ0) is 21.4. The molecule has 0 saturated heterocycles. The number of aliphatic imine (C=N–C) groups is 1. The smallest absolute Gasteiger partial charge is 0.305 e. The van der Waals surface area contributed by atoms with Gasteiger partial charge in [-0.2, -0.15) is 0 Å². The van der Waals surface area contributed by atoms with Crippen molar-refractivity contribution in [2.75, 3.05) is 5.75 Å². The summed E-state index contributed by atoms with van der Waals surface area (Å²) in [6.07, 6.45) is 0.0273. The van der Waals surface area contributed by atoms with Crippen LogP contribution in [-0.2, 0) is 25.3 Å². The summed E-state index contributed by atoms with van der Waals surface area (Å²) in [6.45, 7) is 2.04. The first-order chi connectivity index (χ1) is 14.3. The van der Waals surface area contributed by atoms with Crippen LogP contribution in [-0.4, -0.2) is 26.0 Å². The van der Waals surface area contributed by atoms with Crippen LogP contribution < -0.4 is 16.6 Å². The molecule has 7 nitrogen and oxygen atoms in total. The summed E-state index contributed by atoms with van der Waals surface area (Å²) in [4.78, 5) is 42.1. The van der Waals surface area contributed by atoms with Crippen LogP contribution in [0.4, 0.5) is 0 Å². The molecule has 0 aliphatic carbocycles. The minimum atomic E-state index is -0.400. The summed E-state index contributed by atoms with van der Waals surface area (Å²) in [5.41, 5.74) is 2.62. The van der Waals surface area contributed by atoms with E-state index in [0.29, 0.717) is 21.6 Å². The Morgan fingerprint density at radius 3 is 2.60 bits per heavy atom. The summed E-state index contributed by atoms with van der Waals surface area (Å²) >= 11 is 1.51. The van der Waals surface area contributed by atoms with E-state index >= 15 is 0 Å². The zero-order valence-electron chi connectivity index (χ0n) is 17.0. The number of hydrogen-bond acceptors (Lipinski definition) is 5. The van der Waals surface area contributed by atoms with Crippen molar-refractivity contribution in [1.29, 1.82) is 0 Å². The van der Waals surface area contributed by atoms with Gasteiger partial charge >= 0.3 is 5.69 Å². The topological polar surface area (TPSA) is 85.5 Å². The average molecular weight is 423 g/mol. The van der Waals surface area contributed by atoms with Crippen molar-refractivity contribution in [2.24, 2.45) is 19.1 Å². The quantitative estimate of drug-likeness (QED) is 0.700. The molecule has 0 radical (unpaired) electrons. The Balaban J connectivity index is 1.56. The van der Waals surface area contributed by atoms with Crippen LogP contribution in [0.1, 0.15) is 22.7 Å². The molecule has 2 heterocycles. The number of aryl methyl sites for hydroxylation is 2. The maximum Gasteiger partial charge on any atom is 0.330 e. The fraction of sp³-hybridized carbons (Fsp3) is 0.273. The Labute approximate surface area is 177 Å². The number of amides is 1. The molecule has 2 aromatic carbocycles. The molecule has 1 amide bonds. The van der Waals surface area contributed by atoms with Gasteiger partial charge in [0.15, 0.2) is 5.17 Å². The van der Waals surface area contributed by atoms with Crippen molar-refractivity contribution < 1.29 is 4.79 Å². The molecule has 1 atom stereocenters. The van der Waals surface area contributed by atoms with Gasteiger partial charge in [0.2, 0.25) is 5.91 Å². The van der Waals surface area contributed by atoms with E-state index in [1.54, 1.807) is 25.2 Å². The van der Waals surface area contributed by atoms with Crippen LogP contribution in [0.15, 0.2) is 57.0 Å². The van der Waals surface area contributed by atoms with Gasteiger partial charge in [-0.1, -0.05) is 53.7 Å². The maximum absolute atomic E-state index is 12.7. The number of nitrogens with one attached hydrogen (secondary N) is 1. The molecular weight excluding hydrogens is 400 g/mol. The highest BCUT2D eigenvalue weighted by atomic mass is 32.2. The van der Waals surface area contributed by atoms with Crippen LogP contribution in [0, 0.1) is 6.92 Å². The van der Waals surface area contributed by atoms with Gasteiger partial charge in [-0.05, 0) is 24.1 Å². The molecule has 8 heteroatoms. The minimum Gasteiger partial charge on any atom is -0.305 e. The third-order valence-corrected chi connectivity index (χ3v) is 6.26. The Hall–Kier alpha value is -3.13. The fourth-order valence-electron chi connectivity index (χ4n) is 3.58. The lowest BCUT2D eigenvalue weighted by atomic mass is 10.1. The van der Waals surface area contributed by atoms with Crippen molar-refractivity contribution in [3.05, 3.63) is 80.0 Å². The molecule has 0 saturated carbocycles. The van der Waals surface area contributed by atoms with Gasteiger partial charge in [-0.25, -0.2) is 4.79 Å². The second kappa shape index (κ2) is 7.95. The van der Waals surface area contributed by atoms with Gasteiger partial charge in [0.25, 0.3) is 5.56 Å². The summed E-state index contributed by atoms with van der Waals surface area (Å²) in [5.74, 6) is 0.532. The number of thioether (sulfide) groups is 1. The first-order valence-electron chi connectivity index (χ1n) is 9.60. The number of hydrogen-bond donors (Lipinski definition) is 1. The maximum atomic E-state index is 12.7. The normalized spacial score (nSPS) is 16.0. The van der Waals surface area contributed by atoms with E-state index in [1.165, 1.54) is 28.9 Å². The van der Waals surface area contributed by atoms with Crippen molar-refractivity contribution in [1.82, 2.24) is 14.5 Å². The van der Waals surface area contributed by atoms with Crippen LogP contribution in [0.25, 0.3) is 10.9 Å². The third kappa shape index (κ3) is 3.70. The summed E-state index contributed by atoms with van der Waals surface area (Å²) < 4.78 is 2.48. The van der Waals surface area contributed by atoms with Gasteiger partial charge in [0.05, 0.1) is 23.4 Å². The molecule has 0 fully saturated rings. The number of aromatic nitrogens is 2. The summed E-state index contributed by atoms with van der Waals surface area (Å²) in [5, 5.41) is 3.83. The van der Waals surface area contributed by atoms with Crippen LogP contribution in [0.3, 0.4) is 0 Å². The van der Waals surface area contributed by atoms with E-state index in [0.717, 1.165) is 15.9 Å². The fourth-order valence-corrected chi connectivity index (χ4v) is 4.55. The zero-order valence-corrected chi connectivity index (χ0v) is 17.8. The van der Waals surface area contributed by atoms with Gasteiger partial charge in [0.1, 0.15) is 0 Å². The van der Waals surface area contributed by atoms with Crippen molar-refractivity contribution in [3.63, 3.8) is 0 Å². The van der Waals surface area contributed by atoms with Gasteiger partial charge in [-0.15, -0.1) is 0 Å². The Morgan fingerprint density at radius 1 is 1.13 bits per heavy atom. The van der Waals surface area contributed by atoms with Crippen LogP contribution in [0.5, 0.6) is 0 Å². The molecular formula is C22H22N4O3S. The van der Waals surface area contributed by atoms with Gasteiger partial charge in [0, 0.05) is 19.8 Å². The Morgan fingerprint density at radius 2 is 1.87 bits per heavy atom. The lowest BCUT2D eigenvalue weighted by Crippen LogP contribution is -2.37. The van der Waals surface area contributed by atoms with E-state index in [2.05, 4.69) is 34.6 Å². The highest BCUT2D eigenvalue weighted by molar-refractivity contribution is 8.14. The highest BCUT2D eigenvalue weighted by Crippen LogP contribution is 2.29. The lowest BCUT2D eigenvalue weighted by Gasteiger charge is -2.11. The number of fused-ring (bicyclic) bond motifs is 1. The minimum absolute atomic E-state index is 0.0188. The molecule has 1 unspecified atom stereocenters. The van der Waals surface area contributed by atoms with Crippen LogP contribution >= 0.6 is 11.8 Å². The van der Waals surface area contributed by atoms with Crippen molar-refractivity contribution in [2.45, 2.75) is 19.4 Å². The Bertz CT molecular complexity index is 1290. The first kappa shape index (κ1) is 20.2. The average Bonchev–Trinajstić information content (AvgIpc) is 3.19.